The van der Waals surface area contributed by atoms with Gasteiger partial charge in [0.15, 0.2) is 0 Å². The van der Waals surface area contributed by atoms with Crippen LogP contribution in [0.25, 0.3) is 0 Å². The van der Waals surface area contributed by atoms with Gasteiger partial charge in [0, 0.05) is 12.6 Å². The molecule has 0 heterocycles. The van der Waals surface area contributed by atoms with Gasteiger partial charge in [-0.15, -0.1) is 0 Å². The van der Waals surface area contributed by atoms with E-state index < -0.39 is 10.0 Å². The Hall–Kier alpha value is -0.170. The predicted octanol–water partition coefficient (Wildman–Crippen LogP) is -0.178. The molecule has 1 fully saturated rings. The fourth-order valence-electron chi connectivity index (χ4n) is 1.71. The Morgan fingerprint density at radius 2 is 1.93 bits per heavy atom. The van der Waals surface area contributed by atoms with Crippen LogP contribution in [0.15, 0.2) is 0 Å². The van der Waals surface area contributed by atoms with Crippen molar-refractivity contribution in [2.24, 2.45) is 5.73 Å². The van der Waals surface area contributed by atoms with Gasteiger partial charge in [-0.1, -0.05) is 0 Å². The third-order valence-electron chi connectivity index (χ3n) is 2.54. The van der Waals surface area contributed by atoms with Gasteiger partial charge >= 0.3 is 0 Å². The molecular formula is C9H20N2O3S. The number of sulfonamides is 1. The number of nitrogens with one attached hydrogen (secondary N) is 1. The third kappa shape index (κ3) is 6.09. The topological polar surface area (TPSA) is 81.4 Å². The minimum atomic E-state index is -3.09. The summed E-state index contributed by atoms with van der Waals surface area (Å²) >= 11 is 0. The summed E-state index contributed by atoms with van der Waals surface area (Å²) in [6.07, 6.45) is 5.38. The standard InChI is InChI=1S/C9H20N2O3S/c1-15(12,13)11-6-7-14-9-4-2-8(10)3-5-9/h8-9,11H,2-7,10H2,1H3. The summed E-state index contributed by atoms with van der Waals surface area (Å²) < 4.78 is 29.4. The van der Waals surface area contributed by atoms with Crippen LogP contribution < -0.4 is 10.5 Å². The van der Waals surface area contributed by atoms with E-state index in [0.717, 1.165) is 31.9 Å². The molecule has 1 saturated carbocycles. The number of ether oxygens (including phenoxy) is 1. The molecule has 0 aromatic rings. The molecule has 0 unspecified atom stereocenters. The van der Waals surface area contributed by atoms with Crippen molar-refractivity contribution >= 4 is 10.0 Å². The van der Waals surface area contributed by atoms with Crippen LogP contribution in [0, 0.1) is 0 Å². The second-order valence-corrected chi connectivity index (χ2v) is 5.91. The van der Waals surface area contributed by atoms with E-state index in [0.29, 0.717) is 19.2 Å². The molecule has 90 valence electrons. The van der Waals surface area contributed by atoms with Gasteiger partial charge in [0.2, 0.25) is 10.0 Å². The lowest BCUT2D eigenvalue weighted by Crippen LogP contribution is -2.32. The van der Waals surface area contributed by atoms with Gasteiger partial charge in [0.05, 0.1) is 19.0 Å². The molecule has 1 aliphatic carbocycles. The molecule has 0 aromatic carbocycles. The fourth-order valence-corrected chi connectivity index (χ4v) is 2.16. The Bertz CT molecular complexity index is 271. The SMILES string of the molecule is CS(=O)(=O)NCCOC1CCC(N)CC1. The van der Waals surface area contributed by atoms with Crippen LogP contribution in [0.4, 0.5) is 0 Å². The van der Waals surface area contributed by atoms with Crippen LogP contribution in [0.5, 0.6) is 0 Å². The highest BCUT2D eigenvalue weighted by molar-refractivity contribution is 7.88. The number of hydrogen-bond acceptors (Lipinski definition) is 4. The highest BCUT2D eigenvalue weighted by Crippen LogP contribution is 2.19. The summed E-state index contributed by atoms with van der Waals surface area (Å²) in [6, 6.07) is 0.319. The van der Waals surface area contributed by atoms with E-state index in [9.17, 15) is 8.42 Å². The second-order valence-electron chi connectivity index (χ2n) is 4.07. The highest BCUT2D eigenvalue weighted by Gasteiger charge is 2.18. The zero-order chi connectivity index (χ0) is 11.3. The molecular weight excluding hydrogens is 216 g/mol. The summed E-state index contributed by atoms with van der Waals surface area (Å²) in [5.74, 6) is 0. The van der Waals surface area contributed by atoms with E-state index in [1.54, 1.807) is 0 Å². The molecule has 0 atom stereocenters. The maximum absolute atomic E-state index is 10.7. The number of nitrogens with two attached hydrogens (primary N) is 1. The number of rotatable bonds is 5. The molecule has 0 radical (unpaired) electrons. The monoisotopic (exact) mass is 236 g/mol. The highest BCUT2D eigenvalue weighted by atomic mass is 32.2. The van der Waals surface area contributed by atoms with E-state index in [1.165, 1.54) is 0 Å². The van der Waals surface area contributed by atoms with Crippen molar-refractivity contribution in [1.29, 1.82) is 0 Å². The van der Waals surface area contributed by atoms with Gasteiger partial charge in [0.25, 0.3) is 0 Å². The largest absolute Gasteiger partial charge is 0.377 e. The Labute approximate surface area is 91.4 Å². The van der Waals surface area contributed by atoms with E-state index in [1.807, 2.05) is 0 Å². The first-order valence-corrected chi connectivity index (χ1v) is 7.18. The van der Waals surface area contributed by atoms with Crippen LogP contribution in [0.1, 0.15) is 25.7 Å². The molecule has 3 N–H and O–H groups in total. The molecule has 0 bridgehead atoms. The molecule has 0 aromatic heterocycles. The van der Waals surface area contributed by atoms with Gasteiger partial charge in [-0.3, -0.25) is 0 Å². The molecule has 0 spiro atoms. The van der Waals surface area contributed by atoms with Crippen molar-refractivity contribution in [2.75, 3.05) is 19.4 Å². The fraction of sp³-hybridized carbons (Fsp3) is 1.00. The Balaban J connectivity index is 2.06. The summed E-state index contributed by atoms with van der Waals surface area (Å²) in [6.45, 7) is 0.786. The van der Waals surface area contributed by atoms with Gasteiger partial charge in [-0.25, -0.2) is 13.1 Å². The molecule has 0 amide bonds. The van der Waals surface area contributed by atoms with Gasteiger partial charge in [-0.05, 0) is 25.7 Å². The lowest BCUT2D eigenvalue weighted by Gasteiger charge is -2.26. The zero-order valence-electron chi connectivity index (χ0n) is 9.11. The average molecular weight is 236 g/mol. The van der Waals surface area contributed by atoms with Gasteiger partial charge < -0.3 is 10.5 Å². The predicted molar refractivity (Wildman–Crippen MR) is 59.0 cm³/mol. The van der Waals surface area contributed by atoms with Crippen LogP contribution >= 0.6 is 0 Å². The molecule has 15 heavy (non-hydrogen) atoms. The lowest BCUT2D eigenvalue weighted by atomic mass is 9.94. The van der Waals surface area contributed by atoms with Crippen molar-refractivity contribution in [3.8, 4) is 0 Å². The Morgan fingerprint density at radius 1 is 1.33 bits per heavy atom. The quantitative estimate of drug-likeness (QED) is 0.649. The van der Waals surface area contributed by atoms with Crippen LogP contribution in [-0.2, 0) is 14.8 Å². The van der Waals surface area contributed by atoms with E-state index in [-0.39, 0.29) is 6.10 Å². The van der Waals surface area contributed by atoms with E-state index >= 15 is 0 Å². The number of hydrogen-bond donors (Lipinski definition) is 2. The van der Waals surface area contributed by atoms with Crippen molar-refractivity contribution in [3.05, 3.63) is 0 Å². The zero-order valence-corrected chi connectivity index (χ0v) is 9.92. The van der Waals surface area contributed by atoms with Gasteiger partial charge in [0.1, 0.15) is 0 Å². The first-order chi connectivity index (χ1) is 6.97. The van der Waals surface area contributed by atoms with Gasteiger partial charge in [-0.2, -0.15) is 0 Å². The third-order valence-corrected chi connectivity index (χ3v) is 3.27. The Kier molecular flexibility index (Phi) is 4.98. The summed E-state index contributed by atoms with van der Waals surface area (Å²) in [5, 5.41) is 0. The van der Waals surface area contributed by atoms with Crippen molar-refractivity contribution in [2.45, 2.75) is 37.8 Å². The summed E-state index contributed by atoms with van der Waals surface area (Å²) in [5.41, 5.74) is 5.76. The Morgan fingerprint density at radius 3 is 2.47 bits per heavy atom. The van der Waals surface area contributed by atoms with Crippen LogP contribution in [0.2, 0.25) is 0 Å². The van der Waals surface area contributed by atoms with Crippen molar-refractivity contribution in [1.82, 2.24) is 4.72 Å². The summed E-state index contributed by atoms with van der Waals surface area (Å²) in [4.78, 5) is 0. The molecule has 0 aliphatic heterocycles. The first-order valence-electron chi connectivity index (χ1n) is 5.29. The lowest BCUT2D eigenvalue weighted by molar-refractivity contribution is 0.0287. The van der Waals surface area contributed by atoms with E-state index in [2.05, 4.69) is 4.72 Å². The van der Waals surface area contributed by atoms with Crippen LogP contribution in [0.3, 0.4) is 0 Å². The normalized spacial score (nSPS) is 27.9. The van der Waals surface area contributed by atoms with Crippen molar-refractivity contribution < 1.29 is 13.2 Å². The maximum atomic E-state index is 10.7. The molecule has 1 rings (SSSR count). The molecule has 6 heteroatoms. The summed E-state index contributed by atoms with van der Waals surface area (Å²) in [7, 11) is -3.09. The first kappa shape index (κ1) is 12.9. The smallest absolute Gasteiger partial charge is 0.208 e. The average Bonchev–Trinajstić information content (AvgIpc) is 2.14. The van der Waals surface area contributed by atoms with Crippen molar-refractivity contribution in [3.63, 3.8) is 0 Å². The second kappa shape index (κ2) is 5.79. The minimum absolute atomic E-state index is 0.256. The minimum Gasteiger partial charge on any atom is -0.377 e. The molecule has 5 nitrogen and oxygen atoms in total. The molecule has 0 saturated heterocycles. The molecule has 1 aliphatic rings. The van der Waals surface area contributed by atoms with Crippen LogP contribution in [-0.4, -0.2) is 40.0 Å². The maximum Gasteiger partial charge on any atom is 0.208 e. The van der Waals surface area contributed by atoms with E-state index in [4.69, 9.17) is 10.5 Å².